The summed E-state index contributed by atoms with van der Waals surface area (Å²) in [6.07, 6.45) is 6.13. The average Bonchev–Trinajstić information content (AvgIpc) is 2.93. The first-order chi connectivity index (χ1) is 9.83. The SMILES string of the molecule is CCOc1ccccc1OCCNC1CCC(SC)C1. The summed E-state index contributed by atoms with van der Waals surface area (Å²) in [6, 6.07) is 8.53. The number of hydrogen-bond donors (Lipinski definition) is 1. The second-order valence-electron chi connectivity index (χ2n) is 5.05. The number of thioether (sulfide) groups is 1. The first-order valence-corrected chi connectivity index (χ1v) is 8.73. The van der Waals surface area contributed by atoms with Gasteiger partial charge in [0.25, 0.3) is 0 Å². The van der Waals surface area contributed by atoms with Crippen LogP contribution >= 0.6 is 11.8 Å². The molecule has 1 aliphatic carbocycles. The van der Waals surface area contributed by atoms with Crippen LogP contribution in [0.15, 0.2) is 24.3 Å². The monoisotopic (exact) mass is 295 g/mol. The van der Waals surface area contributed by atoms with Crippen LogP contribution in [0.2, 0.25) is 0 Å². The van der Waals surface area contributed by atoms with E-state index in [1.54, 1.807) is 0 Å². The van der Waals surface area contributed by atoms with Crippen LogP contribution in [-0.4, -0.2) is 37.3 Å². The van der Waals surface area contributed by atoms with E-state index in [-0.39, 0.29) is 0 Å². The molecule has 3 nitrogen and oxygen atoms in total. The molecule has 1 saturated carbocycles. The van der Waals surface area contributed by atoms with Crippen molar-refractivity contribution in [3.8, 4) is 11.5 Å². The van der Waals surface area contributed by atoms with Crippen LogP contribution in [0.1, 0.15) is 26.2 Å². The highest BCUT2D eigenvalue weighted by molar-refractivity contribution is 7.99. The maximum absolute atomic E-state index is 5.81. The molecule has 0 saturated heterocycles. The van der Waals surface area contributed by atoms with Gasteiger partial charge >= 0.3 is 0 Å². The zero-order valence-corrected chi connectivity index (χ0v) is 13.2. The Balaban J connectivity index is 1.68. The summed E-state index contributed by atoms with van der Waals surface area (Å²) in [5.74, 6) is 1.67. The van der Waals surface area contributed by atoms with Gasteiger partial charge in [0.1, 0.15) is 6.61 Å². The Hall–Kier alpha value is -0.870. The van der Waals surface area contributed by atoms with Gasteiger partial charge in [-0.15, -0.1) is 0 Å². The maximum atomic E-state index is 5.81. The Bertz CT molecular complexity index is 400. The van der Waals surface area contributed by atoms with Crippen LogP contribution in [0.25, 0.3) is 0 Å². The van der Waals surface area contributed by atoms with Crippen LogP contribution in [0.3, 0.4) is 0 Å². The molecule has 4 heteroatoms. The summed E-state index contributed by atoms with van der Waals surface area (Å²) in [7, 11) is 0. The van der Waals surface area contributed by atoms with Gasteiger partial charge in [-0.05, 0) is 44.6 Å². The van der Waals surface area contributed by atoms with Gasteiger partial charge in [0.2, 0.25) is 0 Å². The third kappa shape index (κ3) is 4.60. The van der Waals surface area contributed by atoms with Gasteiger partial charge in [-0.25, -0.2) is 0 Å². The molecule has 20 heavy (non-hydrogen) atoms. The van der Waals surface area contributed by atoms with Crippen molar-refractivity contribution < 1.29 is 9.47 Å². The molecule has 1 fully saturated rings. The van der Waals surface area contributed by atoms with Crippen molar-refractivity contribution in [1.82, 2.24) is 5.32 Å². The highest BCUT2D eigenvalue weighted by Gasteiger charge is 2.22. The molecule has 1 aromatic rings. The van der Waals surface area contributed by atoms with E-state index in [9.17, 15) is 0 Å². The summed E-state index contributed by atoms with van der Waals surface area (Å²) in [6.45, 7) is 4.23. The third-order valence-electron chi connectivity index (χ3n) is 3.66. The number of hydrogen-bond acceptors (Lipinski definition) is 4. The highest BCUT2D eigenvalue weighted by atomic mass is 32.2. The molecular weight excluding hydrogens is 270 g/mol. The number of rotatable bonds is 8. The first-order valence-electron chi connectivity index (χ1n) is 7.44. The van der Waals surface area contributed by atoms with Crippen LogP contribution in [-0.2, 0) is 0 Å². The minimum absolute atomic E-state index is 0.663. The first kappa shape index (κ1) is 15.5. The topological polar surface area (TPSA) is 30.5 Å². The fourth-order valence-electron chi connectivity index (χ4n) is 2.61. The lowest BCUT2D eigenvalue weighted by atomic mass is 10.2. The second-order valence-corrected chi connectivity index (χ2v) is 6.19. The van der Waals surface area contributed by atoms with Gasteiger partial charge in [-0.2, -0.15) is 11.8 Å². The molecule has 0 bridgehead atoms. The van der Waals surface area contributed by atoms with Crippen LogP contribution in [0, 0.1) is 0 Å². The minimum atomic E-state index is 0.663. The van der Waals surface area contributed by atoms with E-state index in [1.165, 1.54) is 19.3 Å². The summed E-state index contributed by atoms with van der Waals surface area (Å²) >= 11 is 1.99. The molecular formula is C16H25NO2S. The lowest BCUT2D eigenvalue weighted by Gasteiger charge is -2.14. The molecule has 0 amide bonds. The standard InChI is InChI=1S/C16H25NO2S/c1-3-18-15-6-4-5-7-16(15)19-11-10-17-13-8-9-14(12-13)20-2/h4-7,13-14,17H,3,8-12H2,1-2H3. The van der Waals surface area contributed by atoms with Gasteiger partial charge in [0.05, 0.1) is 6.61 Å². The molecule has 0 heterocycles. The Kier molecular flexibility index (Phi) is 6.54. The predicted molar refractivity (Wildman–Crippen MR) is 86.1 cm³/mol. The highest BCUT2D eigenvalue weighted by Crippen LogP contribution is 2.28. The Morgan fingerprint density at radius 3 is 2.60 bits per heavy atom. The van der Waals surface area contributed by atoms with Crippen LogP contribution in [0.4, 0.5) is 0 Å². The number of nitrogens with one attached hydrogen (secondary N) is 1. The number of para-hydroxylation sites is 2. The van der Waals surface area contributed by atoms with Gasteiger partial charge in [-0.1, -0.05) is 12.1 Å². The zero-order valence-electron chi connectivity index (χ0n) is 12.4. The molecule has 2 unspecified atom stereocenters. The van der Waals surface area contributed by atoms with Gasteiger partial charge in [0, 0.05) is 17.8 Å². The van der Waals surface area contributed by atoms with E-state index in [0.717, 1.165) is 23.3 Å². The van der Waals surface area contributed by atoms with Gasteiger partial charge < -0.3 is 14.8 Å². The molecule has 2 atom stereocenters. The lowest BCUT2D eigenvalue weighted by Crippen LogP contribution is -2.30. The quantitative estimate of drug-likeness (QED) is 0.745. The largest absolute Gasteiger partial charge is 0.490 e. The van der Waals surface area contributed by atoms with E-state index >= 15 is 0 Å². The molecule has 1 N–H and O–H groups in total. The molecule has 1 aromatic carbocycles. The molecule has 112 valence electrons. The Morgan fingerprint density at radius 2 is 1.95 bits per heavy atom. The van der Waals surface area contributed by atoms with Crippen LogP contribution < -0.4 is 14.8 Å². The van der Waals surface area contributed by atoms with Crippen molar-refractivity contribution in [2.24, 2.45) is 0 Å². The van der Waals surface area contributed by atoms with Crippen molar-refractivity contribution >= 4 is 11.8 Å². The van der Waals surface area contributed by atoms with Crippen molar-refractivity contribution in [2.75, 3.05) is 26.0 Å². The fraction of sp³-hybridized carbons (Fsp3) is 0.625. The molecule has 0 aliphatic heterocycles. The Labute approximate surface area is 126 Å². The summed E-state index contributed by atoms with van der Waals surface area (Å²) in [5, 5.41) is 4.43. The fourth-order valence-corrected chi connectivity index (χ4v) is 3.40. The zero-order chi connectivity index (χ0) is 14.2. The normalized spacial score (nSPS) is 21.9. The van der Waals surface area contributed by atoms with E-state index < -0.39 is 0 Å². The molecule has 0 aromatic heterocycles. The van der Waals surface area contributed by atoms with Crippen molar-refractivity contribution in [2.45, 2.75) is 37.5 Å². The summed E-state index contributed by atoms with van der Waals surface area (Å²) in [5.41, 5.74) is 0. The van der Waals surface area contributed by atoms with E-state index in [2.05, 4.69) is 11.6 Å². The lowest BCUT2D eigenvalue weighted by molar-refractivity contribution is 0.272. The van der Waals surface area contributed by atoms with E-state index in [0.29, 0.717) is 19.3 Å². The van der Waals surface area contributed by atoms with Gasteiger partial charge in [0.15, 0.2) is 11.5 Å². The number of benzene rings is 1. The van der Waals surface area contributed by atoms with E-state index in [1.807, 2.05) is 43.0 Å². The average molecular weight is 295 g/mol. The third-order valence-corrected chi connectivity index (χ3v) is 4.75. The van der Waals surface area contributed by atoms with Crippen molar-refractivity contribution in [3.63, 3.8) is 0 Å². The minimum Gasteiger partial charge on any atom is -0.490 e. The molecule has 0 radical (unpaired) electrons. The van der Waals surface area contributed by atoms with Gasteiger partial charge in [-0.3, -0.25) is 0 Å². The number of ether oxygens (including phenoxy) is 2. The smallest absolute Gasteiger partial charge is 0.161 e. The van der Waals surface area contributed by atoms with Crippen LogP contribution in [0.5, 0.6) is 11.5 Å². The summed E-state index contributed by atoms with van der Waals surface area (Å²) in [4.78, 5) is 0. The van der Waals surface area contributed by atoms with Crippen molar-refractivity contribution in [3.05, 3.63) is 24.3 Å². The predicted octanol–water partition coefficient (Wildman–Crippen LogP) is 3.34. The molecule has 2 rings (SSSR count). The molecule has 1 aliphatic rings. The second kappa shape index (κ2) is 8.42. The maximum Gasteiger partial charge on any atom is 0.161 e. The molecule has 0 spiro atoms. The summed E-state index contributed by atoms with van der Waals surface area (Å²) < 4.78 is 11.4. The van der Waals surface area contributed by atoms with E-state index in [4.69, 9.17) is 9.47 Å². The Morgan fingerprint density at radius 1 is 1.20 bits per heavy atom. The van der Waals surface area contributed by atoms with Crippen molar-refractivity contribution in [1.29, 1.82) is 0 Å².